The number of hydrogen-bond acceptors (Lipinski definition) is 4. The Hall–Kier alpha value is -1.40. The molecule has 0 radical (unpaired) electrons. The first-order valence-electron chi connectivity index (χ1n) is 5.74. The lowest BCUT2D eigenvalue weighted by molar-refractivity contribution is -0.153. The van der Waals surface area contributed by atoms with Crippen LogP contribution in [0.15, 0.2) is 17.5 Å². The molecule has 5 nitrogen and oxygen atoms in total. The molecule has 0 bridgehead atoms. The minimum absolute atomic E-state index is 0.161. The van der Waals surface area contributed by atoms with Crippen LogP contribution in [0.4, 0.5) is 0 Å². The maximum Gasteiger partial charge on any atom is 0.261 e. The predicted octanol–water partition coefficient (Wildman–Crippen LogP) is 0.460. The van der Waals surface area contributed by atoms with E-state index in [2.05, 4.69) is 5.32 Å². The van der Waals surface area contributed by atoms with Crippen molar-refractivity contribution < 1.29 is 14.7 Å². The number of carbonyl (C=O) groups excluding carboxylic acids is 2. The summed E-state index contributed by atoms with van der Waals surface area (Å²) in [5, 5.41) is 14.0. The van der Waals surface area contributed by atoms with Crippen molar-refractivity contribution in [2.24, 2.45) is 0 Å². The molecule has 18 heavy (non-hydrogen) atoms. The third-order valence-corrected chi connectivity index (χ3v) is 3.71. The molecule has 1 aliphatic rings. The van der Waals surface area contributed by atoms with Crippen molar-refractivity contribution in [3.8, 4) is 0 Å². The summed E-state index contributed by atoms with van der Waals surface area (Å²) in [7, 11) is 0. The molecule has 0 aliphatic carbocycles. The Morgan fingerprint density at radius 2 is 2.22 bits per heavy atom. The summed E-state index contributed by atoms with van der Waals surface area (Å²) in [5.74, 6) is -0.399. The molecule has 1 saturated heterocycles. The molecule has 1 unspecified atom stereocenters. The van der Waals surface area contributed by atoms with Gasteiger partial charge in [0.25, 0.3) is 5.91 Å². The highest BCUT2D eigenvalue weighted by atomic mass is 32.1. The Morgan fingerprint density at radius 3 is 2.72 bits per heavy atom. The highest BCUT2D eigenvalue weighted by Gasteiger charge is 2.40. The highest BCUT2D eigenvalue weighted by molar-refractivity contribution is 7.12. The van der Waals surface area contributed by atoms with Gasteiger partial charge in [0.2, 0.25) is 5.91 Å². The Bertz CT molecular complexity index is 448. The van der Waals surface area contributed by atoms with E-state index in [4.69, 9.17) is 0 Å². The molecule has 1 aromatic heterocycles. The monoisotopic (exact) mass is 268 g/mol. The van der Waals surface area contributed by atoms with Gasteiger partial charge in [-0.15, -0.1) is 11.3 Å². The lowest BCUT2D eigenvalue weighted by atomic mass is 9.96. The molecule has 6 heteroatoms. The zero-order valence-electron chi connectivity index (χ0n) is 10.3. The van der Waals surface area contributed by atoms with E-state index in [-0.39, 0.29) is 11.8 Å². The number of hydrogen-bond donors (Lipinski definition) is 2. The van der Waals surface area contributed by atoms with Crippen LogP contribution in [0.1, 0.15) is 23.5 Å². The van der Waals surface area contributed by atoms with E-state index in [1.54, 1.807) is 30.9 Å². The number of β-amino-alcohol motifs (C(OH)–C–C–N with tert-alkyl or cyclic N) is 1. The van der Waals surface area contributed by atoms with Crippen LogP contribution < -0.4 is 5.32 Å². The van der Waals surface area contributed by atoms with Gasteiger partial charge in [-0.3, -0.25) is 9.59 Å². The SMILES string of the molecule is CC(NC(=O)c1cccs1)C(=O)N1CC(C)(O)C1. The molecule has 1 aromatic rings. The van der Waals surface area contributed by atoms with Gasteiger partial charge in [-0.1, -0.05) is 6.07 Å². The van der Waals surface area contributed by atoms with Crippen LogP contribution in [0.25, 0.3) is 0 Å². The van der Waals surface area contributed by atoms with Crippen molar-refractivity contribution in [2.45, 2.75) is 25.5 Å². The van der Waals surface area contributed by atoms with Crippen LogP contribution in [0, 0.1) is 0 Å². The van der Waals surface area contributed by atoms with Gasteiger partial charge in [-0.2, -0.15) is 0 Å². The number of rotatable bonds is 3. The summed E-state index contributed by atoms with van der Waals surface area (Å²) in [6.45, 7) is 3.99. The smallest absolute Gasteiger partial charge is 0.261 e. The molecule has 1 aliphatic heterocycles. The largest absolute Gasteiger partial charge is 0.386 e. The zero-order valence-corrected chi connectivity index (χ0v) is 11.2. The Labute approximate surface area is 109 Å². The molecule has 1 fully saturated rings. The Morgan fingerprint density at radius 1 is 1.56 bits per heavy atom. The third-order valence-electron chi connectivity index (χ3n) is 2.84. The van der Waals surface area contributed by atoms with Crippen molar-refractivity contribution in [3.05, 3.63) is 22.4 Å². The number of likely N-dealkylation sites (tertiary alicyclic amines) is 1. The number of carbonyl (C=O) groups is 2. The molecule has 1 atom stereocenters. The van der Waals surface area contributed by atoms with Crippen molar-refractivity contribution >= 4 is 23.2 Å². The second-order valence-electron chi connectivity index (χ2n) is 4.86. The second-order valence-corrected chi connectivity index (χ2v) is 5.81. The molecule has 0 aromatic carbocycles. The fraction of sp³-hybridized carbons (Fsp3) is 0.500. The minimum atomic E-state index is -0.785. The van der Waals surface area contributed by atoms with Gasteiger partial charge in [0, 0.05) is 0 Å². The molecule has 98 valence electrons. The fourth-order valence-corrected chi connectivity index (χ4v) is 2.57. The van der Waals surface area contributed by atoms with Crippen LogP contribution in [0.2, 0.25) is 0 Å². The number of aliphatic hydroxyl groups is 1. The first-order chi connectivity index (χ1) is 8.39. The average Bonchev–Trinajstić information content (AvgIpc) is 2.77. The van der Waals surface area contributed by atoms with E-state index in [1.807, 2.05) is 5.38 Å². The molecule has 2 amide bonds. The molecular weight excluding hydrogens is 252 g/mol. The maximum absolute atomic E-state index is 11.9. The number of nitrogens with zero attached hydrogens (tertiary/aromatic N) is 1. The van der Waals surface area contributed by atoms with Gasteiger partial charge in [-0.25, -0.2) is 0 Å². The summed E-state index contributed by atoms with van der Waals surface area (Å²) in [4.78, 5) is 25.8. The molecule has 2 heterocycles. The summed E-state index contributed by atoms with van der Waals surface area (Å²) >= 11 is 1.34. The molecule has 2 N–H and O–H groups in total. The van der Waals surface area contributed by atoms with E-state index in [0.29, 0.717) is 18.0 Å². The highest BCUT2D eigenvalue weighted by Crippen LogP contribution is 2.20. The van der Waals surface area contributed by atoms with Gasteiger partial charge >= 0.3 is 0 Å². The second kappa shape index (κ2) is 4.70. The first kappa shape index (κ1) is 13.0. The molecule has 0 spiro atoms. The number of thiophene rings is 1. The van der Waals surface area contributed by atoms with Gasteiger partial charge in [0.15, 0.2) is 0 Å². The summed E-state index contributed by atoms with van der Waals surface area (Å²) in [6, 6.07) is 2.93. The summed E-state index contributed by atoms with van der Waals surface area (Å²) in [6.07, 6.45) is 0. The normalized spacial score (nSPS) is 18.9. The van der Waals surface area contributed by atoms with Gasteiger partial charge in [0.05, 0.1) is 23.6 Å². The van der Waals surface area contributed by atoms with Crippen LogP contribution in [0.3, 0.4) is 0 Å². The average molecular weight is 268 g/mol. The van der Waals surface area contributed by atoms with E-state index in [9.17, 15) is 14.7 Å². The van der Waals surface area contributed by atoms with Crippen molar-refractivity contribution in [1.82, 2.24) is 10.2 Å². The minimum Gasteiger partial charge on any atom is -0.386 e. The van der Waals surface area contributed by atoms with Crippen LogP contribution in [-0.2, 0) is 4.79 Å². The maximum atomic E-state index is 11.9. The van der Waals surface area contributed by atoms with Crippen LogP contribution in [-0.4, -0.2) is 46.6 Å². The molecule has 0 saturated carbocycles. The molecule has 2 rings (SSSR count). The van der Waals surface area contributed by atoms with E-state index in [0.717, 1.165) is 0 Å². The lowest BCUT2D eigenvalue weighted by Crippen LogP contribution is -2.64. The number of amides is 2. The zero-order chi connectivity index (χ0) is 13.3. The van der Waals surface area contributed by atoms with E-state index in [1.165, 1.54) is 11.3 Å². The third kappa shape index (κ3) is 2.70. The van der Waals surface area contributed by atoms with Gasteiger partial charge < -0.3 is 15.3 Å². The van der Waals surface area contributed by atoms with Gasteiger partial charge in [-0.05, 0) is 25.3 Å². The Balaban J connectivity index is 1.87. The number of nitrogens with one attached hydrogen (secondary N) is 1. The fourth-order valence-electron chi connectivity index (χ4n) is 1.94. The standard InChI is InChI=1S/C12H16N2O3S/c1-8(11(16)14-6-12(2,17)7-14)13-10(15)9-4-3-5-18-9/h3-5,8,17H,6-7H2,1-2H3,(H,13,15). The van der Waals surface area contributed by atoms with Crippen molar-refractivity contribution in [2.75, 3.05) is 13.1 Å². The predicted molar refractivity (Wildman–Crippen MR) is 68.5 cm³/mol. The molecular formula is C12H16N2O3S. The van der Waals surface area contributed by atoms with E-state index < -0.39 is 11.6 Å². The topological polar surface area (TPSA) is 69.6 Å². The Kier molecular flexibility index (Phi) is 3.41. The summed E-state index contributed by atoms with van der Waals surface area (Å²) in [5.41, 5.74) is -0.785. The van der Waals surface area contributed by atoms with Crippen LogP contribution >= 0.6 is 11.3 Å². The summed E-state index contributed by atoms with van der Waals surface area (Å²) < 4.78 is 0. The van der Waals surface area contributed by atoms with Gasteiger partial charge in [0.1, 0.15) is 6.04 Å². The first-order valence-corrected chi connectivity index (χ1v) is 6.62. The van der Waals surface area contributed by atoms with Crippen molar-refractivity contribution in [3.63, 3.8) is 0 Å². The van der Waals surface area contributed by atoms with E-state index >= 15 is 0 Å². The van der Waals surface area contributed by atoms with Crippen LogP contribution in [0.5, 0.6) is 0 Å². The van der Waals surface area contributed by atoms with Crippen molar-refractivity contribution in [1.29, 1.82) is 0 Å². The quantitative estimate of drug-likeness (QED) is 0.836. The lowest BCUT2D eigenvalue weighted by Gasteiger charge is -2.45.